The lowest BCUT2D eigenvalue weighted by Gasteiger charge is -2.14. The molecule has 9 nitrogen and oxygen atoms in total. The summed E-state index contributed by atoms with van der Waals surface area (Å²) in [4.78, 5) is 29.7. The molecule has 4 rings (SSSR count). The molecule has 0 radical (unpaired) electrons. The summed E-state index contributed by atoms with van der Waals surface area (Å²) < 4.78 is 32.2. The Balaban J connectivity index is 1.87. The van der Waals surface area contributed by atoms with Gasteiger partial charge in [0, 0.05) is 25.8 Å². The highest BCUT2D eigenvalue weighted by molar-refractivity contribution is 7.89. The SMILES string of the molecule is Cn1cncc1Cn1c(=O)c2cc(S(=O)(=O)NC3(C)CC3)ccc2n(C)c1=O. The fourth-order valence-electron chi connectivity index (χ4n) is 3.17. The van der Waals surface area contributed by atoms with E-state index in [1.165, 1.54) is 22.8 Å². The van der Waals surface area contributed by atoms with E-state index in [9.17, 15) is 18.0 Å². The quantitative estimate of drug-likeness (QED) is 0.660. The van der Waals surface area contributed by atoms with Crippen LogP contribution in [-0.2, 0) is 30.7 Å². The molecule has 1 saturated carbocycles. The molecule has 0 amide bonds. The highest BCUT2D eigenvalue weighted by atomic mass is 32.2. The van der Waals surface area contributed by atoms with Gasteiger partial charge in [-0.3, -0.25) is 13.9 Å². The van der Waals surface area contributed by atoms with Crippen molar-refractivity contribution in [3.63, 3.8) is 0 Å². The highest BCUT2D eigenvalue weighted by Crippen LogP contribution is 2.36. The Morgan fingerprint density at radius 2 is 1.93 bits per heavy atom. The lowest BCUT2D eigenvalue weighted by Crippen LogP contribution is -2.40. The van der Waals surface area contributed by atoms with E-state index in [1.54, 1.807) is 31.2 Å². The Morgan fingerprint density at radius 3 is 2.54 bits per heavy atom. The van der Waals surface area contributed by atoms with Crippen molar-refractivity contribution in [3.8, 4) is 0 Å². The minimum atomic E-state index is -3.76. The summed E-state index contributed by atoms with van der Waals surface area (Å²) in [5.74, 6) is 0. The maximum Gasteiger partial charge on any atom is 0.331 e. The summed E-state index contributed by atoms with van der Waals surface area (Å²) in [6, 6.07) is 4.25. The Morgan fingerprint density at radius 1 is 1.21 bits per heavy atom. The van der Waals surface area contributed by atoms with E-state index in [1.807, 2.05) is 6.92 Å². The average Bonchev–Trinajstić information content (AvgIpc) is 3.22. The zero-order valence-electron chi connectivity index (χ0n) is 15.8. The number of sulfonamides is 1. The van der Waals surface area contributed by atoms with Crippen molar-refractivity contribution in [2.45, 2.75) is 36.7 Å². The first-order valence-corrected chi connectivity index (χ1v) is 10.3. The summed E-state index contributed by atoms with van der Waals surface area (Å²) in [5.41, 5.74) is -0.359. The van der Waals surface area contributed by atoms with Gasteiger partial charge in [-0.1, -0.05) is 0 Å². The smallest absolute Gasteiger partial charge is 0.331 e. The Labute approximate surface area is 161 Å². The number of hydrogen-bond acceptors (Lipinski definition) is 5. The molecule has 10 heteroatoms. The molecule has 0 unspecified atom stereocenters. The topological polar surface area (TPSA) is 108 Å². The predicted molar refractivity (Wildman–Crippen MR) is 104 cm³/mol. The Hall–Kier alpha value is -2.72. The lowest BCUT2D eigenvalue weighted by molar-refractivity contribution is 0.558. The molecule has 1 aliphatic rings. The van der Waals surface area contributed by atoms with Crippen molar-refractivity contribution in [2.24, 2.45) is 14.1 Å². The molecule has 3 aromatic rings. The number of aromatic nitrogens is 4. The first kappa shape index (κ1) is 18.6. The van der Waals surface area contributed by atoms with Gasteiger partial charge >= 0.3 is 5.69 Å². The van der Waals surface area contributed by atoms with Crippen LogP contribution in [0.1, 0.15) is 25.5 Å². The van der Waals surface area contributed by atoms with Crippen LogP contribution >= 0.6 is 0 Å². The molecular formula is C18H21N5O4S. The van der Waals surface area contributed by atoms with Crippen LogP contribution in [0.3, 0.4) is 0 Å². The normalized spacial score (nSPS) is 15.8. The molecule has 28 heavy (non-hydrogen) atoms. The molecule has 0 aliphatic heterocycles. The maximum absolute atomic E-state index is 13.0. The van der Waals surface area contributed by atoms with Crippen molar-refractivity contribution in [2.75, 3.05) is 0 Å². The van der Waals surface area contributed by atoms with E-state index >= 15 is 0 Å². The molecule has 1 N–H and O–H groups in total. The molecule has 1 aliphatic carbocycles. The zero-order valence-corrected chi connectivity index (χ0v) is 16.7. The molecule has 0 saturated heterocycles. The summed E-state index contributed by atoms with van der Waals surface area (Å²) in [5, 5.41) is 0.174. The largest absolute Gasteiger partial charge is 0.336 e. The number of imidazole rings is 1. The van der Waals surface area contributed by atoms with Gasteiger partial charge in [-0.25, -0.2) is 22.9 Å². The number of nitrogens with zero attached hydrogens (tertiary/aromatic N) is 4. The molecule has 1 aromatic carbocycles. The van der Waals surface area contributed by atoms with E-state index in [2.05, 4.69) is 9.71 Å². The van der Waals surface area contributed by atoms with Crippen LogP contribution in [0.2, 0.25) is 0 Å². The van der Waals surface area contributed by atoms with Crippen molar-refractivity contribution in [1.82, 2.24) is 23.4 Å². The first-order chi connectivity index (χ1) is 13.1. The number of fused-ring (bicyclic) bond motifs is 1. The second-order valence-corrected chi connectivity index (χ2v) is 9.26. The van der Waals surface area contributed by atoms with Crippen LogP contribution < -0.4 is 16.0 Å². The molecule has 0 spiro atoms. The van der Waals surface area contributed by atoms with E-state index in [0.717, 1.165) is 17.4 Å². The average molecular weight is 403 g/mol. The monoisotopic (exact) mass is 403 g/mol. The van der Waals surface area contributed by atoms with E-state index in [-0.39, 0.29) is 16.8 Å². The van der Waals surface area contributed by atoms with E-state index in [4.69, 9.17) is 0 Å². The highest BCUT2D eigenvalue weighted by Gasteiger charge is 2.41. The lowest BCUT2D eigenvalue weighted by atomic mass is 10.2. The molecule has 0 atom stereocenters. The Kier molecular flexibility index (Phi) is 4.09. The maximum atomic E-state index is 13.0. The van der Waals surface area contributed by atoms with Gasteiger partial charge in [0.05, 0.1) is 34.4 Å². The van der Waals surface area contributed by atoms with E-state index in [0.29, 0.717) is 11.2 Å². The molecule has 148 valence electrons. The second kappa shape index (κ2) is 6.14. The molecule has 2 aromatic heterocycles. The minimum Gasteiger partial charge on any atom is -0.336 e. The standard InChI is InChI=1S/C18H21N5O4S/c1-18(6-7-18)20-28(26,27)13-4-5-15-14(8-13)16(24)23(17(25)22(15)3)10-12-9-19-11-21(12)2/h4-5,8-9,11,20H,6-7,10H2,1-3H3. The number of hydrogen-bond donors (Lipinski definition) is 1. The number of nitrogens with one attached hydrogen (secondary N) is 1. The zero-order chi connectivity index (χ0) is 20.3. The first-order valence-electron chi connectivity index (χ1n) is 8.84. The molecule has 0 bridgehead atoms. The van der Waals surface area contributed by atoms with Gasteiger partial charge in [-0.05, 0) is 38.0 Å². The van der Waals surface area contributed by atoms with Crippen LogP contribution in [0.5, 0.6) is 0 Å². The minimum absolute atomic E-state index is 0.0101. The van der Waals surface area contributed by atoms with Gasteiger partial charge in [0.2, 0.25) is 10.0 Å². The number of aryl methyl sites for hydroxylation is 2. The van der Waals surface area contributed by atoms with Crippen LogP contribution in [0, 0.1) is 0 Å². The molecule has 1 fully saturated rings. The Bertz CT molecular complexity index is 1310. The van der Waals surface area contributed by atoms with Crippen LogP contribution in [0.25, 0.3) is 10.9 Å². The van der Waals surface area contributed by atoms with E-state index < -0.39 is 26.8 Å². The van der Waals surface area contributed by atoms with Gasteiger partial charge < -0.3 is 4.57 Å². The van der Waals surface area contributed by atoms with Crippen molar-refractivity contribution >= 4 is 20.9 Å². The predicted octanol–water partition coefficient (Wildman–Crippen LogP) is 0.313. The number of rotatable bonds is 5. The van der Waals surface area contributed by atoms with Gasteiger partial charge in [0.1, 0.15) is 0 Å². The van der Waals surface area contributed by atoms with Gasteiger partial charge in [0.25, 0.3) is 5.56 Å². The molecule has 2 heterocycles. The third-order valence-electron chi connectivity index (χ3n) is 5.25. The van der Waals surface area contributed by atoms with Crippen LogP contribution in [0.15, 0.2) is 45.2 Å². The molecular weight excluding hydrogens is 382 g/mol. The summed E-state index contributed by atoms with van der Waals surface area (Å²) in [6.07, 6.45) is 4.73. The summed E-state index contributed by atoms with van der Waals surface area (Å²) >= 11 is 0. The van der Waals surface area contributed by atoms with Gasteiger partial charge in [-0.15, -0.1) is 0 Å². The van der Waals surface area contributed by atoms with Crippen LogP contribution in [0.4, 0.5) is 0 Å². The third-order valence-corrected chi connectivity index (χ3v) is 6.89. The van der Waals surface area contributed by atoms with Crippen LogP contribution in [-0.4, -0.2) is 32.6 Å². The van der Waals surface area contributed by atoms with Crippen molar-refractivity contribution in [3.05, 3.63) is 57.3 Å². The van der Waals surface area contributed by atoms with Crippen molar-refractivity contribution < 1.29 is 8.42 Å². The fraction of sp³-hybridized carbons (Fsp3) is 0.389. The summed E-state index contributed by atoms with van der Waals surface area (Å²) in [6.45, 7) is 1.89. The van der Waals surface area contributed by atoms with Gasteiger partial charge in [0.15, 0.2) is 0 Å². The fourth-order valence-corrected chi connectivity index (χ4v) is 4.66. The summed E-state index contributed by atoms with van der Waals surface area (Å²) in [7, 11) is -0.427. The van der Waals surface area contributed by atoms with Gasteiger partial charge in [-0.2, -0.15) is 0 Å². The second-order valence-electron chi connectivity index (χ2n) is 7.57. The van der Waals surface area contributed by atoms with Crippen molar-refractivity contribution in [1.29, 1.82) is 0 Å². The third kappa shape index (κ3) is 3.08. The number of benzene rings is 1.